The maximum atomic E-state index is 12.4. The van der Waals surface area contributed by atoms with Crippen LogP contribution >= 0.6 is 11.6 Å². The van der Waals surface area contributed by atoms with Crippen LogP contribution in [0.4, 0.5) is 0 Å². The molecule has 1 N–H and O–H groups in total. The van der Waals surface area contributed by atoms with Gasteiger partial charge < -0.3 is 5.32 Å². The van der Waals surface area contributed by atoms with Crippen molar-refractivity contribution >= 4 is 39.8 Å². The zero-order valence-electron chi connectivity index (χ0n) is 19.3. The van der Waals surface area contributed by atoms with E-state index in [9.17, 15) is 4.79 Å². The molecule has 0 aliphatic carbocycles. The van der Waals surface area contributed by atoms with Crippen LogP contribution in [0, 0.1) is 0 Å². The Balaban J connectivity index is 1.26. The number of aromatic nitrogens is 6. The van der Waals surface area contributed by atoms with E-state index < -0.39 is 0 Å². The molecule has 0 atom stereocenters. The number of rotatable bonds is 7. The van der Waals surface area contributed by atoms with Crippen molar-refractivity contribution < 1.29 is 4.79 Å². The summed E-state index contributed by atoms with van der Waals surface area (Å²) in [4.78, 5) is 17.2. The average Bonchev–Trinajstić information content (AvgIpc) is 3.54. The Morgan fingerprint density at radius 3 is 2.53 bits per heavy atom. The fraction of sp³-hybridized carbons (Fsp3) is 0.148. The van der Waals surface area contributed by atoms with Crippen LogP contribution in [-0.2, 0) is 17.8 Å². The molecule has 0 bridgehead atoms. The molecule has 0 fully saturated rings. The van der Waals surface area contributed by atoms with E-state index in [1.165, 1.54) is 0 Å². The van der Waals surface area contributed by atoms with Crippen LogP contribution in [-0.4, -0.2) is 35.1 Å². The minimum atomic E-state index is -0.00482. The number of nitrogens with zero attached hydrogens (tertiary/aromatic N) is 6. The summed E-state index contributed by atoms with van der Waals surface area (Å²) in [7, 11) is 0. The van der Waals surface area contributed by atoms with E-state index in [-0.39, 0.29) is 5.91 Å². The fourth-order valence-corrected chi connectivity index (χ4v) is 4.47. The van der Waals surface area contributed by atoms with Crippen LogP contribution in [0.2, 0.25) is 5.02 Å². The predicted molar refractivity (Wildman–Crippen MR) is 139 cm³/mol. The molecule has 3 aromatic heterocycles. The van der Waals surface area contributed by atoms with Gasteiger partial charge in [0.1, 0.15) is 5.82 Å². The van der Waals surface area contributed by atoms with Gasteiger partial charge in [0.05, 0.1) is 5.52 Å². The molecule has 9 heteroatoms. The van der Waals surface area contributed by atoms with Crippen molar-refractivity contribution in [1.29, 1.82) is 0 Å². The van der Waals surface area contributed by atoms with Crippen molar-refractivity contribution in [3.8, 4) is 11.4 Å². The highest BCUT2D eigenvalue weighted by Gasteiger charge is 2.18. The van der Waals surface area contributed by atoms with Crippen molar-refractivity contribution in [2.45, 2.75) is 25.8 Å². The van der Waals surface area contributed by atoms with Gasteiger partial charge in [0.15, 0.2) is 11.5 Å². The first-order valence-electron chi connectivity index (χ1n) is 11.8. The second kappa shape index (κ2) is 9.39. The summed E-state index contributed by atoms with van der Waals surface area (Å²) in [6.45, 7) is 0.475. The van der Waals surface area contributed by atoms with Gasteiger partial charge in [0, 0.05) is 35.4 Å². The second-order valence-corrected chi connectivity index (χ2v) is 9.00. The molecule has 6 aromatic rings. The third kappa shape index (κ3) is 4.16. The highest BCUT2D eigenvalue weighted by Crippen LogP contribution is 2.25. The fourth-order valence-electron chi connectivity index (χ4n) is 4.34. The summed E-state index contributed by atoms with van der Waals surface area (Å²) >= 11 is 5.92. The smallest absolute Gasteiger partial charge is 0.258 e. The minimum absolute atomic E-state index is 0.00482. The molecule has 3 aromatic carbocycles. The van der Waals surface area contributed by atoms with Crippen LogP contribution in [0.3, 0.4) is 0 Å². The van der Waals surface area contributed by atoms with Crippen molar-refractivity contribution in [2.75, 3.05) is 0 Å². The molecule has 3 heterocycles. The van der Waals surface area contributed by atoms with E-state index in [4.69, 9.17) is 21.7 Å². The number of hydrogen-bond acceptors (Lipinski definition) is 5. The number of fused-ring (bicyclic) bond motifs is 6. The van der Waals surface area contributed by atoms with Crippen LogP contribution in [0.1, 0.15) is 24.2 Å². The molecular formula is C27H22ClN7O. The third-order valence-corrected chi connectivity index (χ3v) is 6.39. The van der Waals surface area contributed by atoms with E-state index in [1.54, 1.807) is 4.52 Å². The van der Waals surface area contributed by atoms with Crippen molar-refractivity contribution in [3.05, 3.63) is 95.3 Å². The van der Waals surface area contributed by atoms with E-state index in [0.717, 1.165) is 33.5 Å². The highest BCUT2D eigenvalue weighted by molar-refractivity contribution is 6.30. The summed E-state index contributed by atoms with van der Waals surface area (Å²) in [5, 5.41) is 18.3. The Labute approximate surface area is 211 Å². The van der Waals surface area contributed by atoms with Crippen LogP contribution < -0.4 is 5.32 Å². The van der Waals surface area contributed by atoms with Crippen molar-refractivity contribution in [1.82, 2.24) is 34.5 Å². The maximum absolute atomic E-state index is 12.4. The molecular weight excluding hydrogens is 474 g/mol. The maximum Gasteiger partial charge on any atom is 0.258 e. The monoisotopic (exact) mass is 495 g/mol. The summed E-state index contributed by atoms with van der Waals surface area (Å²) < 4.78 is 3.76. The molecule has 0 saturated heterocycles. The van der Waals surface area contributed by atoms with Gasteiger partial charge in [-0.3, -0.25) is 9.20 Å². The Morgan fingerprint density at radius 1 is 0.917 bits per heavy atom. The van der Waals surface area contributed by atoms with Crippen molar-refractivity contribution in [3.63, 3.8) is 0 Å². The Bertz CT molecular complexity index is 1690. The molecule has 0 unspecified atom stereocenters. The topological polar surface area (TPSA) is 89.5 Å². The van der Waals surface area contributed by atoms with E-state index in [1.807, 2.05) is 83.3 Å². The lowest BCUT2D eigenvalue weighted by Gasteiger charge is -2.07. The number of carbonyl (C=O) groups is 1. The zero-order valence-corrected chi connectivity index (χ0v) is 20.1. The number of halogens is 1. The number of nitrogens with one attached hydrogen (secondary N) is 1. The number of para-hydroxylation sites is 1. The van der Waals surface area contributed by atoms with Crippen LogP contribution in [0.25, 0.3) is 33.7 Å². The van der Waals surface area contributed by atoms with Gasteiger partial charge in [-0.2, -0.15) is 4.52 Å². The lowest BCUT2D eigenvalue weighted by molar-refractivity contribution is -0.121. The molecule has 36 heavy (non-hydrogen) atoms. The number of carbonyl (C=O) groups excluding carboxylic acids is 1. The first-order chi connectivity index (χ1) is 17.7. The number of amides is 1. The molecule has 178 valence electrons. The largest absolute Gasteiger partial charge is 0.352 e. The molecule has 1 amide bonds. The summed E-state index contributed by atoms with van der Waals surface area (Å²) in [6.07, 6.45) is 1.64. The molecule has 6 rings (SSSR count). The number of aryl methyl sites for hydroxylation is 1. The van der Waals surface area contributed by atoms with Gasteiger partial charge >= 0.3 is 0 Å². The van der Waals surface area contributed by atoms with Gasteiger partial charge in [-0.05, 0) is 36.2 Å². The lowest BCUT2D eigenvalue weighted by atomic mass is 10.2. The first-order valence-corrected chi connectivity index (χ1v) is 12.1. The van der Waals surface area contributed by atoms with Gasteiger partial charge in [0.25, 0.3) is 5.78 Å². The standard InChI is InChI=1S/C27H22ClN7O/c28-20-15-13-18(14-16-20)17-29-24(36)12-6-11-23-31-32-27-34(23)22-10-5-4-9-21(22)26-30-25(33-35(26)27)19-7-2-1-3-8-19/h1-5,7-10,13-16H,6,11-12,17H2,(H,29,36). The number of hydrogen-bond donors (Lipinski definition) is 1. The molecule has 8 nitrogen and oxygen atoms in total. The van der Waals surface area contributed by atoms with Crippen molar-refractivity contribution in [2.24, 2.45) is 0 Å². The van der Waals surface area contributed by atoms with Crippen LogP contribution in [0.5, 0.6) is 0 Å². The quantitative estimate of drug-likeness (QED) is 0.341. The lowest BCUT2D eigenvalue weighted by Crippen LogP contribution is -2.22. The van der Waals surface area contributed by atoms with Gasteiger partial charge in [-0.1, -0.05) is 66.2 Å². The average molecular weight is 496 g/mol. The zero-order chi connectivity index (χ0) is 24.5. The highest BCUT2D eigenvalue weighted by atomic mass is 35.5. The minimum Gasteiger partial charge on any atom is -0.352 e. The van der Waals surface area contributed by atoms with Gasteiger partial charge in [-0.15, -0.1) is 15.3 Å². The molecule has 0 radical (unpaired) electrons. The van der Waals surface area contributed by atoms with Crippen LogP contribution in [0.15, 0.2) is 78.9 Å². The summed E-state index contributed by atoms with van der Waals surface area (Å²) in [5.41, 5.74) is 3.64. The first kappa shape index (κ1) is 22.2. The van der Waals surface area contributed by atoms with Gasteiger partial charge in [-0.25, -0.2) is 4.98 Å². The Kier molecular flexibility index (Phi) is 5.79. The van der Waals surface area contributed by atoms with E-state index >= 15 is 0 Å². The van der Waals surface area contributed by atoms with Gasteiger partial charge in [0.2, 0.25) is 5.91 Å². The Hall–Kier alpha value is -4.30. The Morgan fingerprint density at radius 2 is 1.69 bits per heavy atom. The molecule has 0 aliphatic heterocycles. The third-order valence-electron chi connectivity index (χ3n) is 6.13. The van der Waals surface area contributed by atoms with E-state index in [0.29, 0.717) is 42.4 Å². The second-order valence-electron chi connectivity index (χ2n) is 8.56. The summed E-state index contributed by atoms with van der Waals surface area (Å²) in [6, 6.07) is 25.4. The summed E-state index contributed by atoms with van der Waals surface area (Å²) in [5.74, 6) is 2.01. The molecule has 0 saturated carbocycles. The molecule has 0 aliphatic rings. The molecule has 0 spiro atoms. The number of benzene rings is 3. The predicted octanol–water partition coefficient (Wildman–Crippen LogP) is 4.88. The normalized spacial score (nSPS) is 11.5. The SMILES string of the molecule is O=C(CCCc1nnc2n3nc(-c4ccccc4)nc3c3ccccc3n12)NCc1ccc(Cl)cc1. The van der Waals surface area contributed by atoms with E-state index in [2.05, 4.69) is 15.5 Å².